The number of nitrogens with zero attached hydrogens (tertiary/aromatic N) is 1. The second kappa shape index (κ2) is 5.03. The van der Waals surface area contributed by atoms with E-state index in [2.05, 4.69) is 22.6 Å². The van der Waals surface area contributed by atoms with Crippen molar-refractivity contribution >= 4 is 57.5 Å². The highest BCUT2D eigenvalue weighted by Crippen LogP contribution is 2.52. The first-order valence-corrected chi connectivity index (χ1v) is 8.80. The average Bonchev–Trinajstić information content (AvgIpc) is 2.76. The van der Waals surface area contributed by atoms with Gasteiger partial charge in [0.1, 0.15) is 5.78 Å². The van der Waals surface area contributed by atoms with Crippen molar-refractivity contribution in [2.75, 3.05) is 4.90 Å². The van der Waals surface area contributed by atoms with Crippen molar-refractivity contribution in [3.63, 3.8) is 0 Å². The lowest BCUT2D eigenvalue weighted by Gasteiger charge is -2.41. The Hall–Kier alpha value is -0.950. The van der Waals surface area contributed by atoms with Gasteiger partial charge < -0.3 is 0 Å². The van der Waals surface area contributed by atoms with Crippen molar-refractivity contribution in [2.24, 2.45) is 23.7 Å². The smallest absolute Gasteiger partial charge is 0.238 e. The van der Waals surface area contributed by atoms with Gasteiger partial charge in [0.25, 0.3) is 0 Å². The number of hydrogen-bond donors (Lipinski definition) is 0. The molecule has 0 aromatic heterocycles. The normalized spacial score (nSPS) is 33.5. The van der Waals surface area contributed by atoms with Crippen LogP contribution in [0, 0.1) is 27.2 Å². The van der Waals surface area contributed by atoms with E-state index < -0.39 is 5.92 Å². The van der Waals surface area contributed by atoms with Gasteiger partial charge in [0.15, 0.2) is 0 Å². The molecule has 1 aromatic carbocycles. The Labute approximate surface area is 146 Å². The largest absolute Gasteiger partial charge is 0.299 e. The number of hydrogen-bond acceptors (Lipinski definition) is 3. The maximum Gasteiger partial charge on any atom is 0.238 e. The highest BCUT2D eigenvalue weighted by atomic mass is 127. The number of rotatable bonds is 1. The molecule has 4 nitrogen and oxygen atoms in total. The van der Waals surface area contributed by atoms with E-state index in [1.165, 1.54) is 4.90 Å². The lowest BCUT2D eigenvalue weighted by atomic mass is 9.59. The number of fused-ring (bicyclic) bond motifs is 2. The zero-order valence-electron chi connectivity index (χ0n) is 11.6. The Kier molecular flexibility index (Phi) is 3.34. The molecule has 0 N–H and O–H groups in total. The number of ketones is 1. The van der Waals surface area contributed by atoms with E-state index in [1.807, 2.05) is 0 Å². The van der Waals surface area contributed by atoms with Gasteiger partial charge in [0.05, 0.1) is 22.5 Å². The van der Waals surface area contributed by atoms with E-state index in [4.69, 9.17) is 11.6 Å². The number of benzene rings is 1. The zero-order chi connectivity index (χ0) is 15.6. The van der Waals surface area contributed by atoms with Crippen LogP contribution in [0.1, 0.15) is 19.3 Å². The van der Waals surface area contributed by atoms with Crippen LogP contribution in [0.5, 0.6) is 0 Å². The topological polar surface area (TPSA) is 54.5 Å². The summed E-state index contributed by atoms with van der Waals surface area (Å²) in [6.07, 6.45) is 2.06. The molecule has 1 saturated heterocycles. The average molecular weight is 430 g/mol. The third-order valence-corrected chi connectivity index (χ3v) is 6.80. The monoisotopic (exact) mass is 429 g/mol. The lowest BCUT2D eigenvalue weighted by Crippen LogP contribution is -2.46. The fourth-order valence-corrected chi connectivity index (χ4v) is 4.77. The Morgan fingerprint density at radius 1 is 1.09 bits per heavy atom. The fraction of sp³-hybridized carbons (Fsp3) is 0.438. The van der Waals surface area contributed by atoms with Gasteiger partial charge in [-0.3, -0.25) is 14.4 Å². The number of halogens is 2. The van der Waals surface area contributed by atoms with Crippen molar-refractivity contribution in [3.05, 3.63) is 26.8 Å². The minimum atomic E-state index is -0.453. The second-order valence-corrected chi connectivity index (χ2v) is 7.85. The van der Waals surface area contributed by atoms with Crippen LogP contribution in [0.4, 0.5) is 5.69 Å². The molecule has 2 bridgehead atoms. The first-order valence-electron chi connectivity index (χ1n) is 7.34. The van der Waals surface area contributed by atoms with Crippen molar-refractivity contribution in [2.45, 2.75) is 19.3 Å². The molecule has 1 aromatic rings. The molecule has 0 radical (unpaired) electrons. The predicted octanol–water partition coefficient (Wildman–Crippen LogP) is 3.05. The molecule has 114 valence electrons. The van der Waals surface area contributed by atoms with Crippen LogP contribution in [0.3, 0.4) is 0 Å². The van der Waals surface area contributed by atoms with Gasteiger partial charge in [0, 0.05) is 15.9 Å². The van der Waals surface area contributed by atoms with Crippen molar-refractivity contribution in [1.82, 2.24) is 0 Å². The third kappa shape index (κ3) is 1.91. The Morgan fingerprint density at radius 2 is 1.82 bits per heavy atom. The Balaban J connectivity index is 1.77. The van der Waals surface area contributed by atoms with Crippen molar-refractivity contribution in [3.8, 4) is 0 Å². The number of imide groups is 1. The van der Waals surface area contributed by atoms with E-state index in [1.54, 1.807) is 18.2 Å². The van der Waals surface area contributed by atoms with Crippen molar-refractivity contribution in [1.29, 1.82) is 0 Å². The quantitative estimate of drug-likeness (QED) is 0.509. The van der Waals surface area contributed by atoms with Gasteiger partial charge >= 0.3 is 0 Å². The fourth-order valence-electron chi connectivity index (χ4n) is 4.26. The van der Waals surface area contributed by atoms with Gasteiger partial charge in [-0.25, -0.2) is 4.90 Å². The molecule has 4 atom stereocenters. The zero-order valence-corrected chi connectivity index (χ0v) is 14.5. The molecule has 1 heterocycles. The van der Waals surface area contributed by atoms with Gasteiger partial charge in [-0.1, -0.05) is 11.6 Å². The second-order valence-electron chi connectivity index (χ2n) is 6.28. The molecule has 3 aliphatic carbocycles. The summed E-state index contributed by atoms with van der Waals surface area (Å²) in [5.41, 5.74) is 0.515. The van der Waals surface area contributed by atoms with E-state index in [-0.39, 0.29) is 35.4 Å². The SMILES string of the molecule is O=C1C[C@@H]2CC[C@H]1[C@@H]1C(=O)N(c3ccc(I)c(Cl)c3)C(=O)[C@H]21. The molecular weight excluding hydrogens is 417 g/mol. The molecule has 4 aliphatic rings. The van der Waals surface area contributed by atoms with E-state index in [0.717, 1.165) is 16.4 Å². The third-order valence-electron chi connectivity index (χ3n) is 5.23. The van der Waals surface area contributed by atoms with Gasteiger partial charge in [-0.15, -0.1) is 0 Å². The van der Waals surface area contributed by atoms with Crippen LogP contribution in [-0.4, -0.2) is 17.6 Å². The van der Waals surface area contributed by atoms with E-state index in [0.29, 0.717) is 17.1 Å². The molecular formula is C16H13ClINO3. The van der Waals surface area contributed by atoms with Crippen LogP contribution < -0.4 is 4.90 Å². The summed E-state index contributed by atoms with van der Waals surface area (Å²) >= 11 is 8.22. The number of carbonyl (C=O) groups is 3. The Morgan fingerprint density at radius 3 is 2.50 bits per heavy atom. The number of anilines is 1. The van der Waals surface area contributed by atoms with Crippen LogP contribution in [0.2, 0.25) is 5.02 Å². The first-order chi connectivity index (χ1) is 10.5. The molecule has 3 saturated carbocycles. The lowest BCUT2D eigenvalue weighted by molar-refractivity contribution is -0.143. The van der Waals surface area contributed by atoms with Crippen LogP contribution >= 0.6 is 34.2 Å². The standard InChI is InChI=1S/C16H13ClINO3/c17-10-6-8(2-4-11(10)18)19-15(21)13-7-1-3-9(12(20)5-7)14(13)16(19)22/h2,4,6-7,9,13-14H,1,3,5H2/t7-,9+,13+,14-/m0/s1. The molecule has 0 unspecified atom stereocenters. The summed E-state index contributed by atoms with van der Waals surface area (Å²) in [6.45, 7) is 0. The van der Waals surface area contributed by atoms with E-state index in [9.17, 15) is 14.4 Å². The summed E-state index contributed by atoms with van der Waals surface area (Å²) in [5, 5.41) is 0.521. The maximum atomic E-state index is 12.8. The van der Waals surface area contributed by atoms with Gasteiger partial charge in [0.2, 0.25) is 11.8 Å². The Bertz CT molecular complexity index is 719. The summed E-state index contributed by atoms with van der Waals surface area (Å²) < 4.78 is 0.870. The number of amides is 2. The van der Waals surface area contributed by atoms with Crippen LogP contribution in [0.15, 0.2) is 18.2 Å². The highest BCUT2D eigenvalue weighted by molar-refractivity contribution is 14.1. The molecule has 6 heteroatoms. The highest BCUT2D eigenvalue weighted by Gasteiger charge is 2.60. The summed E-state index contributed by atoms with van der Waals surface area (Å²) in [7, 11) is 0. The van der Waals surface area contributed by atoms with Crippen LogP contribution in [0.25, 0.3) is 0 Å². The molecule has 4 fully saturated rings. The molecule has 1 aliphatic heterocycles. The first kappa shape index (κ1) is 14.6. The van der Waals surface area contributed by atoms with Crippen molar-refractivity contribution < 1.29 is 14.4 Å². The summed E-state index contributed by atoms with van der Waals surface area (Å²) in [6, 6.07) is 5.19. The van der Waals surface area contributed by atoms with Gasteiger partial charge in [-0.05, 0) is 59.5 Å². The summed E-state index contributed by atoms with van der Waals surface area (Å²) in [4.78, 5) is 38.9. The predicted molar refractivity (Wildman–Crippen MR) is 89.5 cm³/mol. The number of Topliss-reactive ketones (excluding diaryl/α,β-unsaturated/α-hetero) is 1. The minimum absolute atomic E-state index is 0.0308. The van der Waals surface area contributed by atoms with E-state index >= 15 is 0 Å². The molecule has 0 spiro atoms. The molecule has 5 rings (SSSR count). The van der Waals surface area contributed by atoms with Crippen LogP contribution in [-0.2, 0) is 14.4 Å². The maximum absolute atomic E-state index is 12.8. The minimum Gasteiger partial charge on any atom is -0.299 e. The number of carbonyl (C=O) groups excluding carboxylic acids is 3. The van der Waals surface area contributed by atoms with Gasteiger partial charge in [-0.2, -0.15) is 0 Å². The molecule has 22 heavy (non-hydrogen) atoms. The summed E-state index contributed by atoms with van der Waals surface area (Å²) in [5.74, 6) is -1.24. The molecule has 2 amide bonds.